The molecule has 2 aromatic carbocycles. The molecule has 1 spiro atoms. The van der Waals surface area contributed by atoms with E-state index >= 15 is 0 Å². The van der Waals surface area contributed by atoms with E-state index in [-0.39, 0.29) is 0 Å². The first-order chi connectivity index (χ1) is 14.1. The second-order valence-electron chi connectivity index (χ2n) is 9.21. The van der Waals surface area contributed by atoms with E-state index in [0.717, 1.165) is 39.0 Å². The first kappa shape index (κ1) is 20.2. The Morgan fingerprint density at radius 3 is 2.62 bits per heavy atom. The number of nitrogens with zero attached hydrogens (tertiary/aromatic N) is 2. The lowest BCUT2D eigenvalue weighted by Crippen LogP contribution is -2.45. The highest BCUT2D eigenvalue weighted by molar-refractivity contribution is 5.76. The molecule has 2 aromatic rings. The summed E-state index contributed by atoms with van der Waals surface area (Å²) in [6, 6.07) is 19.4. The molecule has 0 aliphatic carbocycles. The summed E-state index contributed by atoms with van der Waals surface area (Å²) in [5, 5.41) is 0. The summed E-state index contributed by atoms with van der Waals surface area (Å²) in [5.74, 6) is 0.355. The Morgan fingerprint density at radius 2 is 1.79 bits per heavy atom. The summed E-state index contributed by atoms with van der Waals surface area (Å²) in [7, 11) is 0. The number of hydrogen-bond donors (Lipinski definition) is 0. The smallest absolute Gasteiger partial charge is 0.222 e. The summed E-state index contributed by atoms with van der Waals surface area (Å²) in [5.41, 5.74) is 4.39. The zero-order valence-electron chi connectivity index (χ0n) is 17.8. The summed E-state index contributed by atoms with van der Waals surface area (Å²) in [6.07, 6.45) is 6.31. The Labute approximate surface area is 175 Å². The van der Waals surface area contributed by atoms with Crippen LogP contribution in [0.15, 0.2) is 54.6 Å². The molecule has 1 atom stereocenters. The van der Waals surface area contributed by atoms with Crippen LogP contribution in [-0.4, -0.2) is 41.9 Å². The molecule has 0 aromatic heterocycles. The predicted octanol–water partition coefficient (Wildman–Crippen LogP) is 4.83. The van der Waals surface area contributed by atoms with Gasteiger partial charge in [0.15, 0.2) is 0 Å². The number of amides is 1. The summed E-state index contributed by atoms with van der Waals surface area (Å²) in [4.78, 5) is 17.6. The molecular formula is C26H34N2O. The number of carbonyl (C=O) groups is 1. The maximum absolute atomic E-state index is 12.8. The highest BCUT2D eigenvalue weighted by Gasteiger charge is 2.42. The molecule has 1 amide bonds. The van der Waals surface area contributed by atoms with Crippen LogP contribution in [0.25, 0.3) is 0 Å². The summed E-state index contributed by atoms with van der Waals surface area (Å²) < 4.78 is 0. The molecule has 154 valence electrons. The SMILES string of the molecule is Cc1cccc(CN2CCCC3(CCN(C(=O)CCCc4ccccc4)C3)C2)c1. The molecule has 29 heavy (non-hydrogen) atoms. The number of piperidine rings is 1. The van der Waals surface area contributed by atoms with Crippen molar-refractivity contribution in [1.82, 2.24) is 9.80 Å². The van der Waals surface area contributed by atoms with Crippen LogP contribution in [0.1, 0.15) is 48.8 Å². The second kappa shape index (κ2) is 9.13. The number of hydrogen-bond acceptors (Lipinski definition) is 2. The first-order valence-electron chi connectivity index (χ1n) is 11.2. The van der Waals surface area contributed by atoms with Crippen molar-refractivity contribution >= 4 is 5.91 Å². The molecule has 0 N–H and O–H groups in total. The third-order valence-corrected chi connectivity index (χ3v) is 6.72. The van der Waals surface area contributed by atoms with Gasteiger partial charge in [-0.05, 0) is 56.7 Å². The molecule has 4 rings (SSSR count). The molecule has 2 heterocycles. The Hall–Kier alpha value is -2.13. The van der Waals surface area contributed by atoms with Gasteiger partial charge < -0.3 is 4.90 Å². The summed E-state index contributed by atoms with van der Waals surface area (Å²) in [6.45, 7) is 7.42. The van der Waals surface area contributed by atoms with Gasteiger partial charge in [-0.2, -0.15) is 0 Å². The standard InChI is InChI=1S/C26H34N2O/c1-22-8-5-12-24(18-22)19-27-16-7-14-26(20-27)15-17-28(21-26)25(29)13-6-11-23-9-3-2-4-10-23/h2-5,8-10,12,18H,6-7,11,13-17,19-21H2,1H3. The fourth-order valence-corrected chi connectivity index (χ4v) is 5.24. The van der Waals surface area contributed by atoms with E-state index in [9.17, 15) is 4.79 Å². The molecule has 0 saturated carbocycles. The number of benzene rings is 2. The van der Waals surface area contributed by atoms with Gasteiger partial charge in [0, 0.05) is 38.0 Å². The van der Waals surface area contributed by atoms with Crippen molar-refractivity contribution in [3.63, 3.8) is 0 Å². The number of carbonyl (C=O) groups excluding carboxylic acids is 1. The van der Waals surface area contributed by atoms with Gasteiger partial charge in [-0.3, -0.25) is 9.69 Å². The Morgan fingerprint density at radius 1 is 0.966 bits per heavy atom. The third kappa shape index (κ3) is 5.27. The van der Waals surface area contributed by atoms with Gasteiger partial charge in [-0.25, -0.2) is 0 Å². The molecule has 3 heteroatoms. The number of rotatable bonds is 6. The van der Waals surface area contributed by atoms with Gasteiger partial charge in [-0.1, -0.05) is 60.2 Å². The van der Waals surface area contributed by atoms with Crippen molar-refractivity contribution in [1.29, 1.82) is 0 Å². The quantitative estimate of drug-likeness (QED) is 0.705. The highest BCUT2D eigenvalue weighted by Crippen LogP contribution is 2.39. The van der Waals surface area contributed by atoms with Crippen LogP contribution in [0.5, 0.6) is 0 Å². The molecule has 2 aliphatic rings. The van der Waals surface area contributed by atoms with Crippen LogP contribution >= 0.6 is 0 Å². The van der Waals surface area contributed by atoms with Gasteiger partial charge in [0.25, 0.3) is 0 Å². The highest BCUT2D eigenvalue weighted by atomic mass is 16.2. The van der Waals surface area contributed by atoms with Crippen LogP contribution in [0.4, 0.5) is 0 Å². The van der Waals surface area contributed by atoms with Crippen molar-refractivity contribution in [2.45, 2.75) is 52.0 Å². The largest absolute Gasteiger partial charge is 0.342 e. The maximum Gasteiger partial charge on any atom is 0.222 e. The average Bonchev–Trinajstić information content (AvgIpc) is 3.12. The molecule has 0 radical (unpaired) electrons. The Kier molecular flexibility index (Phi) is 6.34. The minimum Gasteiger partial charge on any atom is -0.342 e. The molecule has 2 aliphatic heterocycles. The zero-order valence-corrected chi connectivity index (χ0v) is 17.8. The number of likely N-dealkylation sites (tertiary alicyclic amines) is 2. The fourth-order valence-electron chi connectivity index (χ4n) is 5.24. The van der Waals surface area contributed by atoms with E-state index in [1.165, 1.54) is 42.5 Å². The van der Waals surface area contributed by atoms with Crippen LogP contribution < -0.4 is 0 Å². The van der Waals surface area contributed by atoms with E-state index in [2.05, 4.69) is 65.3 Å². The van der Waals surface area contributed by atoms with E-state index < -0.39 is 0 Å². The van der Waals surface area contributed by atoms with E-state index in [4.69, 9.17) is 0 Å². The molecule has 1 unspecified atom stereocenters. The van der Waals surface area contributed by atoms with Gasteiger partial charge in [-0.15, -0.1) is 0 Å². The van der Waals surface area contributed by atoms with Crippen LogP contribution in [-0.2, 0) is 17.8 Å². The average molecular weight is 391 g/mol. The molecule has 3 nitrogen and oxygen atoms in total. The molecular weight excluding hydrogens is 356 g/mol. The van der Waals surface area contributed by atoms with E-state index in [1.54, 1.807) is 0 Å². The lowest BCUT2D eigenvalue weighted by molar-refractivity contribution is -0.130. The second-order valence-corrected chi connectivity index (χ2v) is 9.21. The van der Waals surface area contributed by atoms with Gasteiger partial charge in [0.05, 0.1) is 0 Å². The van der Waals surface area contributed by atoms with Gasteiger partial charge in [0.1, 0.15) is 0 Å². The van der Waals surface area contributed by atoms with Crippen molar-refractivity contribution in [3.8, 4) is 0 Å². The van der Waals surface area contributed by atoms with Gasteiger partial charge >= 0.3 is 0 Å². The van der Waals surface area contributed by atoms with Crippen molar-refractivity contribution in [2.75, 3.05) is 26.2 Å². The third-order valence-electron chi connectivity index (χ3n) is 6.72. The Balaban J connectivity index is 1.27. The lowest BCUT2D eigenvalue weighted by atomic mass is 9.79. The predicted molar refractivity (Wildman–Crippen MR) is 119 cm³/mol. The lowest BCUT2D eigenvalue weighted by Gasteiger charge is -2.40. The monoisotopic (exact) mass is 390 g/mol. The normalized spacial score (nSPS) is 22.3. The zero-order chi connectivity index (χ0) is 20.1. The number of aryl methyl sites for hydroxylation is 2. The van der Waals surface area contributed by atoms with Gasteiger partial charge in [0.2, 0.25) is 5.91 Å². The Bertz CT molecular complexity index is 818. The van der Waals surface area contributed by atoms with E-state index in [1.807, 2.05) is 6.07 Å². The van der Waals surface area contributed by atoms with Crippen LogP contribution in [0.3, 0.4) is 0 Å². The topological polar surface area (TPSA) is 23.6 Å². The van der Waals surface area contributed by atoms with Crippen LogP contribution in [0, 0.1) is 12.3 Å². The molecule has 2 fully saturated rings. The minimum atomic E-state index is 0.317. The minimum absolute atomic E-state index is 0.317. The van der Waals surface area contributed by atoms with Crippen molar-refractivity contribution < 1.29 is 4.79 Å². The molecule has 0 bridgehead atoms. The van der Waals surface area contributed by atoms with Crippen molar-refractivity contribution in [2.24, 2.45) is 5.41 Å². The van der Waals surface area contributed by atoms with Crippen LogP contribution in [0.2, 0.25) is 0 Å². The molecule has 2 saturated heterocycles. The summed E-state index contributed by atoms with van der Waals surface area (Å²) >= 11 is 0. The maximum atomic E-state index is 12.8. The first-order valence-corrected chi connectivity index (χ1v) is 11.2. The fraction of sp³-hybridized carbons (Fsp3) is 0.500. The van der Waals surface area contributed by atoms with Crippen molar-refractivity contribution in [3.05, 3.63) is 71.3 Å². The van der Waals surface area contributed by atoms with E-state index in [0.29, 0.717) is 17.7 Å².